The van der Waals surface area contributed by atoms with E-state index in [1.54, 1.807) is 4.90 Å². The minimum atomic E-state index is 0.0130. The van der Waals surface area contributed by atoms with Crippen LogP contribution in [0.5, 0.6) is 0 Å². The molecule has 0 atom stereocenters. The summed E-state index contributed by atoms with van der Waals surface area (Å²) in [5, 5.41) is 3.00. The first-order valence-electron chi connectivity index (χ1n) is 10.4. The topological polar surface area (TPSA) is 58.6 Å². The number of carbonyl (C=O) groups is 2. The van der Waals surface area contributed by atoms with Crippen LogP contribution in [0, 0.1) is 11.8 Å². The molecule has 0 bridgehead atoms. The average molecular weight is 405 g/mol. The van der Waals surface area contributed by atoms with Gasteiger partial charge in [0.1, 0.15) is 5.78 Å². The van der Waals surface area contributed by atoms with E-state index in [1.807, 2.05) is 55.6 Å². The molecular formula is C25H28N2O3. The number of anilines is 1. The van der Waals surface area contributed by atoms with Crippen molar-refractivity contribution in [2.24, 2.45) is 0 Å². The van der Waals surface area contributed by atoms with E-state index in [0.29, 0.717) is 45.4 Å². The molecule has 0 radical (unpaired) electrons. The molecule has 0 fully saturated rings. The Morgan fingerprint density at radius 3 is 2.53 bits per heavy atom. The normalized spacial score (nSPS) is 12.1. The second-order valence-corrected chi connectivity index (χ2v) is 7.26. The number of hydrogen-bond donors (Lipinski definition) is 1. The predicted molar refractivity (Wildman–Crippen MR) is 118 cm³/mol. The van der Waals surface area contributed by atoms with Crippen molar-refractivity contribution in [2.75, 3.05) is 31.7 Å². The fourth-order valence-corrected chi connectivity index (χ4v) is 3.37. The van der Waals surface area contributed by atoms with Crippen LogP contribution in [0.3, 0.4) is 0 Å². The van der Waals surface area contributed by atoms with Crippen molar-refractivity contribution < 1.29 is 14.3 Å². The lowest BCUT2D eigenvalue weighted by atomic mass is 10.0. The van der Waals surface area contributed by atoms with Crippen molar-refractivity contribution in [1.29, 1.82) is 0 Å². The highest BCUT2D eigenvalue weighted by atomic mass is 16.5. The number of likely N-dealkylation sites (N-methyl/N-ethyl adjacent to an activating group) is 1. The summed E-state index contributed by atoms with van der Waals surface area (Å²) in [5.41, 5.74) is 3.64. The van der Waals surface area contributed by atoms with Crippen LogP contribution in [0.25, 0.3) is 0 Å². The van der Waals surface area contributed by atoms with Gasteiger partial charge in [0.25, 0.3) is 0 Å². The largest absolute Gasteiger partial charge is 0.380 e. The summed E-state index contributed by atoms with van der Waals surface area (Å²) in [4.78, 5) is 26.9. The molecule has 0 aromatic heterocycles. The summed E-state index contributed by atoms with van der Waals surface area (Å²) < 4.78 is 5.39. The fourth-order valence-electron chi connectivity index (χ4n) is 3.37. The van der Waals surface area contributed by atoms with Crippen LogP contribution in [0.15, 0.2) is 48.5 Å². The van der Waals surface area contributed by atoms with Gasteiger partial charge in [-0.2, -0.15) is 0 Å². The Labute approximate surface area is 178 Å². The lowest BCUT2D eigenvalue weighted by Crippen LogP contribution is -2.31. The molecule has 3 rings (SSSR count). The third-order valence-electron chi connectivity index (χ3n) is 5.04. The molecular weight excluding hydrogens is 376 g/mol. The van der Waals surface area contributed by atoms with Gasteiger partial charge in [0.2, 0.25) is 5.91 Å². The molecule has 1 aliphatic rings. The van der Waals surface area contributed by atoms with Crippen molar-refractivity contribution in [3.8, 4) is 11.8 Å². The minimum Gasteiger partial charge on any atom is -0.380 e. The van der Waals surface area contributed by atoms with E-state index in [1.165, 1.54) is 0 Å². The van der Waals surface area contributed by atoms with E-state index in [2.05, 4.69) is 17.2 Å². The Morgan fingerprint density at radius 1 is 0.967 bits per heavy atom. The number of fused-ring (bicyclic) bond motifs is 2. The zero-order valence-electron chi connectivity index (χ0n) is 17.4. The Kier molecular flexibility index (Phi) is 8.20. The maximum atomic E-state index is 13.1. The van der Waals surface area contributed by atoms with Crippen LogP contribution in [0.2, 0.25) is 0 Å². The van der Waals surface area contributed by atoms with Crippen molar-refractivity contribution >= 4 is 17.4 Å². The van der Waals surface area contributed by atoms with Gasteiger partial charge in [-0.3, -0.25) is 9.59 Å². The van der Waals surface area contributed by atoms with Crippen molar-refractivity contribution in [3.05, 3.63) is 65.2 Å². The predicted octanol–water partition coefficient (Wildman–Crippen LogP) is 3.30. The second kappa shape index (κ2) is 11.3. The first-order chi connectivity index (χ1) is 14.7. The first-order valence-corrected chi connectivity index (χ1v) is 10.4. The molecule has 1 amide bonds. The summed E-state index contributed by atoms with van der Waals surface area (Å²) in [6, 6.07) is 15.6. The summed E-state index contributed by atoms with van der Waals surface area (Å²) in [6.45, 7) is 2.28. The number of benzene rings is 2. The standard InChI is InChI=1S/C25H28N2O3/c1-26-16-18-30-17-15-23(28)10-6-12-25(29)27-19-22-9-3-2-7-20(22)13-14-21-8-4-5-11-24(21)27/h2-5,7-9,11,26H,6,10,12,15-19H2,1H3. The van der Waals surface area contributed by atoms with Gasteiger partial charge < -0.3 is 15.0 Å². The Hall–Kier alpha value is -2.94. The lowest BCUT2D eigenvalue weighted by molar-refractivity contribution is -0.120. The first kappa shape index (κ1) is 21.8. The number of nitrogens with zero attached hydrogens (tertiary/aromatic N) is 1. The van der Waals surface area contributed by atoms with Crippen LogP contribution in [-0.2, 0) is 20.9 Å². The molecule has 0 saturated heterocycles. The van der Waals surface area contributed by atoms with Crippen LogP contribution in [-0.4, -0.2) is 38.5 Å². The highest BCUT2D eigenvalue weighted by Crippen LogP contribution is 2.26. The van der Waals surface area contributed by atoms with Crippen molar-refractivity contribution in [1.82, 2.24) is 5.32 Å². The molecule has 0 unspecified atom stereocenters. The van der Waals surface area contributed by atoms with Gasteiger partial charge in [-0.25, -0.2) is 0 Å². The molecule has 30 heavy (non-hydrogen) atoms. The fraction of sp³-hybridized carbons (Fsp3) is 0.360. The van der Waals surface area contributed by atoms with Gasteiger partial charge in [0.05, 0.1) is 25.4 Å². The van der Waals surface area contributed by atoms with E-state index < -0.39 is 0 Å². The van der Waals surface area contributed by atoms with Crippen LogP contribution >= 0.6 is 0 Å². The lowest BCUT2D eigenvalue weighted by Gasteiger charge is -2.26. The van der Waals surface area contributed by atoms with E-state index in [9.17, 15) is 9.59 Å². The third kappa shape index (κ3) is 6.03. The number of para-hydroxylation sites is 1. The molecule has 1 heterocycles. The molecule has 1 N–H and O–H groups in total. The monoisotopic (exact) mass is 404 g/mol. The number of ether oxygens (including phenoxy) is 1. The molecule has 5 nitrogen and oxygen atoms in total. The molecule has 0 aliphatic carbocycles. The molecule has 2 aromatic carbocycles. The zero-order valence-corrected chi connectivity index (χ0v) is 17.4. The van der Waals surface area contributed by atoms with Crippen LogP contribution < -0.4 is 10.2 Å². The van der Waals surface area contributed by atoms with Gasteiger partial charge in [-0.1, -0.05) is 42.2 Å². The van der Waals surface area contributed by atoms with Crippen molar-refractivity contribution in [2.45, 2.75) is 32.2 Å². The number of Topliss-reactive ketones (excluding diaryl/α,β-unsaturated/α-hetero) is 1. The SMILES string of the molecule is CNCCOCCC(=O)CCCC(=O)N1Cc2ccccc2C#Cc2ccccc21. The molecule has 2 aromatic rings. The summed E-state index contributed by atoms with van der Waals surface area (Å²) in [5.74, 6) is 6.57. The van der Waals surface area contributed by atoms with Gasteiger partial charge in [0.15, 0.2) is 0 Å². The van der Waals surface area contributed by atoms with Crippen LogP contribution in [0.1, 0.15) is 42.4 Å². The summed E-state index contributed by atoms with van der Waals surface area (Å²) in [7, 11) is 1.86. The number of hydrogen-bond acceptors (Lipinski definition) is 4. The maximum Gasteiger partial charge on any atom is 0.227 e. The molecule has 5 heteroatoms. The van der Waals surface area contributed by atoms with Crippen LogP contribution in [0.4, 0.5) is 5.69 Å². The smallest absolute Gasteiger partial charge is 0.227 e. The Bertz CT molecular complexity index is 943. The molecule has 0 saturated carbocycles. The van der Waals surface area contributed by atoms with Gasteiger partial charge in [-0.15, -0.1) is 0 Å². The number of rotatable bonds is 10. The highest BCUT2D eigenvalue weighted by molar-refractivity contribution is 5.95. The van der Waals surface area contributed by atoms with Gasteiger partial charge in [-0.05, 0) is 37.2 Å². The van der Waals surface area contributed by atoms with E-state index in [-0.39, 0.29) is 11.7 Å². The zero-order chi connectivity index (χ0) is 21.2. The van der Waals surface area contributed by atoms with Gasteiger partial charge in [0, 0.05) is 36.9 Å². The van der Waals surface area contributed by atoms with Crippen molar-refractivity contribution in [3.63, 3.8) is 0 Å². The summed E-state index contributed by atoms with van der Waals surface area (Å²) in [6.07, 6.45) is 1.66. The number of ketones is 1. The Morgan fingerprint density at radius 2 is 1.70 bits per heavy atom. The minimum absolute atomic E-state index is 0.0130. The summed E-state index contributed by atoms with van der Waals surface area (Å²) >= 11 is 0. The van der Waals surface area contributed by atoms with E-state index in [0.717, 1.165) is 28.9 Å². The second-order valence-electron chi connectivity index (χ2n) is 7.26. The number of carbonyl (C=O) groups excluding carboxylic acids is 2. The van der Waals surface area contributed by atoms with E-state index in [4.69, 9.17) is 4.74 Å². The van der Waals surface area contributed by atoms with Gasteiger partial charge >= 0.3 is 0 Å². The van der Waals surface area contributed by atoms with E-state index >= 15 is 0 Å². The molecule has 0 spiro atoms. The molecule has 1 aliphatic heterocycles. The quantitative estimate of drug-likeness (QED) is 0.488. The Balaban J connectivity index is 1.60. The maximum absolute atomic E-state index is 13.1. The highest BCUT2D eigenvalue weighted by Gasteiger charge is 2.21. The third-order valence-corrected chi connectivity index (χ3v) is 5.04. The average Bonchev–Trinajstić information content (AvgIpc) is 2.75. The molecule has 156 valence electrons. The number of nitrogens with one attached hydrogen (secondary N) is 1. The number of amides is 1.